The monoisotopic (exact) mass is 303 g/mol. The van der Waals surface area contributed by atoms with Gasteiger partial charge in [-0.1, -0.05) is 6.42 Å². The first kappa shape index (κ1) is 19.7. The molecule has 0 aliphatic heterocycles. The van der Waals surface area contributed by atoms with Crippen molar-refractivity contribution in [3.8, 4) is 0 Å². The Balaban J connectivity index is 4.24. The second kappa shape index (κ2) is 10.4. The van der Waals surface area contributed by atoms with Gasteiger partial charge in [0.1, 0.15) is 5.60 Å². The van der Waals surface area contributed by atoms with Gasteiger partial charge in [-0.05, 0) is 40.2 Å². The van der Waals surface area contributed by atoms with Gasteiger partial charge < -0.3 is 25.8 Å². The van der Waals surface area contributed by atoms with E-state index in [0.717, 1.165) is 19.3 Å². The van der Waals surface area contributed by atoms with Crippen molar-refractivity contribution in [2.24, 2.45) is 5.73 Å². The third kappa shape index (κ3) is 12.1. The van der Waals surface area contributed by atoms with Crippen LogP contribution in [0.25, 0.3) is 0 Å². The van der Waals surface area contributed by atoms with Crippen LogP contribution in [0.5, 0.6) is 0 Å². The lowest BCUT2D eigenvalue weighted by Crippen LogP contribution is -2.45. The Kier molecular flexibility index (Phi) is 9.73. The molecule has 0 fully saturated rings. The van der Waals surface area contributed by atoms with Gasteiger partial charge in [-0.2, -0.15) is 0 Å². The van der Waals surface area contributed by atoms with Gasteiger partial charge in [0.15, 0.2) is 0 Å². The number of nitrogens with two attached hydrogens (primary N) is 1. The number of alkyl carbamates (subject to hydrolysis) is 1. The minimum Gasteiger partial charge on any atom is -0.468 e. The molecule has 0 aromatic carbocycles. The molecule has 0 aromatic rings. The zero-order valence-corrected chi connectivity index (χ0v) is 13.5. The molecule has 1 amide bonds. The van der Waals surface area contributed by atoms with Crippen LogP contribution in [0.3, 0.4) is 0 Å². The number of rotatable bonds is 9. The molecule has 0 aromatic heterocycles. The maximum atomic E-state index is 11.8. The fourth-order valence-electron chi connectivity index (χ4n) is 1.66. The number of unbranched alkanes of at least 4 members (excludes halogenated alkanes) is 1. The van der Waals surface area contributed by atoms with Crippen molar-refractivity contribution in [3.63, 3.8) is 0 Å². The van der Waals surface area contributed by atoms with Gasteiger partial charge >= 0.3 is 12.1 Å². The molecule has 7 heteroatoms. The number of ether oxygens (including phenoxy) is 2. The molecule has 7 nitrogen and oxygen atoms in total. The van der Waals surface area contributed by atoms with Crippen molar-refractivity contribution in [2.45, 2.75) is 51.7 Å². The van der Waals surface area contributed by atoms with Crippen molar-refractivity contribution in [2.75, 3.05) is 26.7 Å². The molecule has 0 bridgehead atoms. The maximum absolute atomic E-state index is 11.8. The van der Waals surface area contributed by atoms with E-state index in [4.69, 9.17) is 10.5 Å². The standard InChI is InChI=1S/C14H29N3O4/c1-14(2,3)21-13(19)17-11(7-5-6-8-15)9-16-10-12(18)20-4/h11,16H,5-10,15H2,1-4H3,(H,17,19). The Bertz CT molecular complexity index is 316. The molecule has 1 atom stereocenters. The summed E-state index contributed by atoms with van der Waals surface area (Å²) in [4.78, 5) is 22.8. The van der Waals surface area contributed by atoms with E-state index >= 15 is 0 Å². The Labute approximate surface area is 126 Å². The number of amides is 1. The number of carbonyl (C=O) groups excluding carboxylic acids is 2. The highest BCUT2D eigenvalue weighted by molar-refractivity contribution is 5.71. The van der Waals surface area contributed by atoms with Crippen molar-refractivity contribution in [3.05, 3.63) is 0 Å². The molecule has 0 rings (SSSR count). The average molecular weight is 303 g/mol. The molecule has 0 saturated carbocycles. The van der Waals surface area contributed by atoms with Gasteiger partial charge in [0.2, 0.25) is 0 Å². The van der Waals surface area contributed by atoms with Crippen LogP contribution in [0.4, 0.5) is 4.79 Å². The maximum Gasteiger partial charge on any atom is 0.407 e. The smallest absolute Gasteiger partial charge is 0.407 e. The zero-order chi connectivity index (χ0) is 16.3. The first-order chi connectivity index (χ1) is 9.78. The molecule has 21 heavy (non-hydrogen) atoms. The van der Waals surface area contributed by atoms with E-state index in [-0.39, 0.29) is 18.6 Å². The summed E-state index contributed by atoms with van der Waals surface area (Å²) in [7, 11) is 1.34. The summed E-state index contributed by atoms with van der Waals surface area (Å²) in [5.74, 6) is -0.340. The van der Waals surface area contributed by atoms with Crippen LogP contribution in [0, 0.1) is 0 Å². The van der Waals surface area contributed by atoms with Crippen LogP contribution in [0.15, 0.2) is 0 Å². The van der Waals surface area contributed by atoms with Gasteiger partial charge in [0.05, 0.1) is 13.7 Å². The predicted molar refractivity (Wildman–Crippen MR) is 80.9 cm³/mol. The molecule has 1 unspecified atom stereocenters. The highest BCUT2D eigenvalue weighted by Gasteiger charge is 2.19. The van der Waals surface area contributed by atoms with Crippen molar-refractivity contribution >= 4 is 12.1 Å². The SMILES string of the molecule is COC(=O)CNCC(CCCCN)NC(=O)OC(C)(C)C. The fourth-order valence-corrected chi connectivity index (χ4v) is 1.66. The third-order valence-corrected chi connectivity index (χ3v) is 2.62. The van der Waals surface area contributed by atoms with E-state index < -0.39 is 11.7 Å². The largest absolute Gasteiger partial charge is 0.468 e. The topological polar surface area (TPSA) is 103 Å². The van der Waals surface area contributed by atoms with E-state index in [1.54, 1.807) is 0 Å². The Morgan fingerprint density at radius 2 is 1.90 bits per heavy atom. The minimum absolute atomic E-state index is 0.111. The van der Waals surface area contributed by atoms with Crippen LogP contribution >= 0.6 is 0 Å². The molecule has 4 N–H and O–H groups in total. The number of esters is 1. The van der Waals surface area contributed by atoms with Crippen molar-refractivity contribution in [1.82, 2.24) is 10.6 Å². The van der Waals surface area contributed by atoms with Crippen LogP contribution in [0.1, 0.15) is 40.0 Å². The second-order valence-corrected chi connectivity index (χ2v) is 5.83. The predicted octanol–water partition coefficient (Wildman–Crippen LogP) is 0.771. The summed E-state index contributed by atoms with van der Waals surface area (Å²) < 4.78 is 9.78. The van der Waals surface area contributed by atoms with Crippen LogP contribution < -0.4 is 16.4 Å². The quantitative estimate of drug-likeness (QED) is 0.429. The highest BCUT2D eigenvalue weighted by atomic mass is 16.6. The van der Waals surface area contributed by atoms with Crippen molar-refractivity contribution < 1.29 is 19.1 Å². The van der Waals surface area contributed by atoms with E-state index in [2.05, 4.69) is 15.4 Å². The molecular weight excluding hydrogens is 274 g/mol. The second-order valence-electron chi connectivity index (χ2n) is 5.83. The molecule has 0 heterocycles. The zero-order valence-electron chi connectivity index (χ0n) is 13.5. The van der Waals surface area contributed by atoms with Crippen LogP contribution in [-0.2, 0) is 14.3 Å². The molecule has 0 aliphatic rings. The summed E-state index contributed by atoms with van der Waals surface area (Å²) in [6, 6.07) is -0.115. The number of hydrogen-bond donors (Lipinski definition) is 3. The minimum atomic E-state index is -0.536. The average Bonchev–Trinajstić information content (AvgIpc) is 2.36. The van der Waals surface area contributed by atoms with Crippen LogP contribution in [-0.4, -0.2) is 50.4 Å². The summed E-state index contributed by atoms with van der Waals surface area (Å²) >= 11 is 0. The molecule has 0 radical (unpaired) electrons. The van der Waals surface area contributed by atoms with E-state index in [1.807, 2.05) is 20.8 Å². The lowest BCUT2D eigenvalue weighted by molar-refractivity contribution is -0.139. The molecular formula is C14H29N3O4. The number of nitrogens with one attached hydrogen (secondary N) is 2. The summed E-state index contributed by atoms with van der Waals surface area (Å²) in [5, 5.41) is 5.76. The van der Waals surface area contributed by atoms with Gasteiger partial charge in [0, 0.05) is 12.6 Å². The van der Waals surface area contributed by atoms with E-state index in [9.17, 15) is 9.59 Å². The number of methoxy groups -OCH3 is 1. The molecule has 0 spiro atoms. The summed E-state index contributed by atoms with van der Waals surface area (Å²) in [6.07, 6.45) is 2.10. The van der Waals surface area contributed by atoms with Crippen molar-refractivity contribution in [1.29, 1.82) is 0 Å². The summed E-state index contributed by atoms with van der Waals surface area (Å²) in [6.45, 7) is 6.64. The van der Waals surface area contributed by atoms with Gasteiger partial charge in [-0.3, -0.25) is 4.79 Å². The lowest BCUT2D eigenvalue weighted by atomic mass is 10.1. The molecule has 0 saturated heterocycles. The lowest BCUT2D eigenvalue weighted by Gasteiger charge is -2.24. The first-order valence-corrected chi connectivity index (χ1v) is 7.25. The van der Waals surface area contributed by atoms with Gasteiger partial charge in [0.25, 0.3) is 0 Å². The van der Waals surface area contributed by atoms with Gasteiger partial charge in [-0.15, -0.1) is 0 Å². The fraction of sp³-hybridized carbons (Fsp3) is 0.857. The van der Waals surface area contributed by atoms with E-state index in [1.165, 1.54) is 7.11 Å². The Morgan fingerprint density at radius 1 is 1.24 bits per heavy atom. The first-order valence-electron chi connectivity index (χ1n) is 7.25. The highest BCUT2D eigenvalue weighted by Crippen LogP contribution is 2.08. The van der Waals surface area contributed by atoms with E-state index in [0.29, 0.717) is 13.1 Å². The molecule has 124 valence electrons. The van der Waals surface area contributed by atoms with Crippen LogP contribution in [0.2, 0.25) is 0 Å². The Morgan fingerprint density at radius 3 is 2.43 bits per heavy atom. The number of carbonyl (C=O) groups is 2. The summed E-state index contributed by atoms with van der Waals surface area (Å²) in [5.41, 5.74) is 4.93. The Hall–Kier alpha value is -1.34. The van der Waals surface area contributed by atoms with Gasteiger partial charge in [-0.25, -0.2) is 4.79 Å². The number of hydrogen-bond acceptors (Lipinski definition) is 6. The molecule has 0 aliphatic carbocycles. The normalized spacial score (nSPS) is 12.6. The third-order valence-electron chi connectivity index (χ3n) is 2.62.